The number of nitrogens with zero attached hydrogens (tertiary/aromatic N) is 1. The summed E-state index contributed by atoms with van der Waals surface area (Å²) in [6, 6.07) is 9.18. The van der Waals surface area contributed by atoms with E-state index in [9.17, 15) is 0 Å². The monoisotopic (exact) mass is 287 g/mol. The first-order chi connectivity index (χ1) is 9.86. The molecule has 1 fully saturated rings. The molecule has 1 heteroatoms. The lowest BCUT2D eigenvalue weighted by Gasteiger charge is -2.33. The summed E-state index contributed by atoms with van der Waals surface area (Å²) in [5.74, 6) is 1.81. The molecule has 0 aliphatic carbocycles. The van der Waals surface area contributed by atoms with Crippen LogP contribution >= 0.6 is 0 Å². The van der Waals surface area contributed by atoms with Crippen molar-refractivity contribution in [2.75, 3.05) is 19.6 Å². The van der Waals surface area contributed by atoms with E-state index >= 15 is 0 Å². The van der Waals surface area contributed by atoms with Crippen LogP contribution in [0.25, 0.3) is 0 Å². The molecule has 0 N–H and O–H groups in total. The van der Waals surface area contributed by atoms with Crippen LogP contribution in [0.15, 0.2) is 24.3 Å². The second-order valence-corrected chi connectivity index (χ2v) is 8.12. The fraction of sp³-hybridized carbons (Fsp3) is 0.700. The molecule has 0 atom stereocenters. The van der Waals surface area contributed by atoms with E-state index in [1.807, 2.05) is 0 Å². The lowest BCUT2D eigenvalue weighted by Crippen LogP contribution is -2.36. The van der Waals surface area contributed by atoms with Crippen LogP contribution in [0.3, 0.4) is 0 Å². The highest BCUT2D eigenvalue weighted by Gasteiger charge is 2.21. The van der Waals surface area contributed by atoms with Crippen molar-refractivity contribution in [2.45, 2.75) is 59.3 Å². The van der Waals surface area contributed by atoms with Crippen molar-refractivity contribution in [3.8, 4) is 0 Å². The highest BCUT2D eigenvalue weighted by Crippen LogP contribution is 2.25. The zero-order valence-corrected chi connectivity index (χ0v) is 14.7. The number of benzene rings is 1. The lowest BCUT2D eigenvalue weighted by atomic mass is 9.85. The van der Waals surface area contributed by atoms with Crippen molar-refractivity contribution in [1.29, 1.82) is 0 Å². The maximum absolute atomic E-state index is 2.66. The Kier molecular flexibility index (Phi) is 5.48. The largest absolute Gasteiger partial charge is 0.303 e. The maximum Gasteiger partial charge on any atom is 0.00218 e. The second-order valence-electron chi connectivity index (χ2n) is 8.12. The molecule has 0 bridgehead atoms. The van der Waals surface area contributed by atoms with Gasteiger partial charge in [0.05, 0.1) is 0 Å². The molecule has 1 nitrogen and oxygen atoms in total. The van der Waals surface area contributed by atoms with E-state index in [4.69, 9.17) is 0 Å². The Balaban J connectivity index is 1.84. The Labute approximate surface area is 131 Å². The minimum Gasteiger partial charge on any atom is -0.303 e. The van der Waals surface area contributed by atoms with Crippen LogP contribution in [0, 0.1) is 11.8 Å². The van der Waals surface area contributed by atoms with Gasteiger partial charge in [-0.05, 0) is 60.7 Å². The van der Waals surface area contributed by atoms with Crippen LogP contribution < -0.4 is 0 Å². The number of likely N-dealkylation sites (tertiary alicyclic amines) is 1. The Morgan fingerprint density at radius 1 is 1.14 bits per heavy atom. The molecule has 1 aliphatic heterocycles. The summed E-state index contributed by atoms with van der Waals surface area (Å²) in [4.78, 5) is 2.66. The van der Waals surface area contributed by atoms with Gasteiger partial charge in [0, 0.05) is 6.54 Å². The minimum absolute atomic E-state index is 0.256. The molecular formula is C20H33N. The first-order valence-corrected chi connectivity index (χ1v) is 8.68. The van der Waals surface area contributed by atoms with Crippen LogP contribution in [0.2, 0.25) is 0 Å². The standard InChI is InChI=1S/C20H33N/c1-16(2)18-10-13-21(14-11-18)12-9-17-7-6-8-19(15-17)20(3,4)5/h6-8,15-16,18H,9-14H2,1-5H3. The van der Waals surface area contributed by atoms with Gasteiger partial charge >= 0.3 is 0 Å². The first kappa shape index (κ1) is 16.5. The molecule has 1 saturated heterocycles. The Morgan fingerprint density at radius 2 is 1.81 bits per heavy atom. The van der Waals surface area contributed by atoms with Gasteiger partial charge in [-0.3, -0.25) is 0 Å². The van der Waals surface area contributed by atoms with Gasteiger partial charge in [0.15, 0.2) is 0 Å². The molecule has 1 heterocycles. The quantitative estimate of drug-likeness (QED) is 0.761. The summed E-state index contributed by atoms with van der Waals surface area (Å²) < 4.78 is 0. The highest BCUT2D eigenvalue weighted by molar-refractivity contribution is 5.28. The maximum atomic E-state index is 2.66. The van der Waals surface area contributed by atoms with E-state index in [1.54, 1.807) is 0 Å². The molecule has 1 aromatic carbocycles. The highest BCUT2D eigenvalue weighted by atomic mass is 15.1. The summed E-state index contributed by atoms with van der Waals surface area (Å²) in [6.07, 6.45) is 3.97. The topological polar surface area (TPSA) is 3.24 Å². The van der Waals surface area contributed by atoms with Gasteiger partial charge in [0.2, 0.25) is 0 Å². The van der Waals surface area contributed by atoms with Crippen LogP contribution in [0.1, 0.15) is 58.6 Å². The zero-order chi connectivity index (χ0) is 15.5. The summed E-state index contributed by atoms with van der Waals surface area (Å²) in [5, 5.41) is 0. The van der Waals surface area contributed by atoms with E-state index in [-0.39, 0.29) is 5.41 Å². The number of hydrogen-bond donors (Lipinski definition) is 0. The summed E-state index contributed by atoms with van der Waals surface area (Å²) in [6.45, 7) is 15.4. The minimum atomic E-state index is 0.256. The van der Waals surface area contributed by atoms with E-state index in [0.717, 1.165) is 11.8 Å². The molecule has 0 aromatic heterocycles. The Hall–Kier alpha value is -0.820. The van der Waals surface area contributed by atoms with Crippen LogP contribution in [-0.4, -0.2) is 24.5 Å². The van der Waals surface area contributed by atoms with E-state index in [1.165, 1.54) is 50.0 Å². The third kappa shape index (κ3) is 4.85. The molecule has 21 heavy (non-hydrogen) atoms. The van der Waals surface area contributed by atoms with Crippen LogP contribution in [0.5, 0.6) is 0 Å². The predicted molar refractivity (Wildman–Crippen MR) is 92.8 cm³/mol. The molecule has 0 spiro atoms. The van der Waals surface area contributed by atoms with Gasteiger partial charge in [-0.2, -0.15) is 0 Å². The zero-order valence-electron chi connectivity index (χ0n) is 14.7. The SMILES string of the molecule is CC(C)C1CCN(CCc2cccc(C(C)(C)C)c2)CC1. The first-order valence-electron chi connectivity index (χ1n) is 8.68. The van der Waals surface area contributed by atoms with Crippen molar-refractivity contribution in [3.05, 3.63) is 35.4 Å². The van der Waals surface area contributed by atoms with Crippen molar-refractivity contribution >= 4 is 0 Å². The number of hydrogen-bond acceptors (Lipinski definition) is 1. The van der Waals surface area contributed by atoms with E-state index in [0.29, 0.717) is 0 Å². The van der Waals surface area contributed by atoms with Gasteiger partial charge < -0.3 is 4.90 Å². The molecule has 1 aliphatic rings. The van der Waals surface area contributed by atoms with Gasteiger partial charge in [-0.25, -0.2) is 0 Å². The number of rotatable bonds is 4. The van der Waals surface area contributed by atoms with E-state index in [2.05, 4.69) is 63.8 Å². The Bertz CT molecular complexity index is 433. The van der Waals surface area contributed by atoms with Crippen molar-refractivity contribution in [1.82, 2.24) is 4.90 Å². The molecule has 0 saturated carbocycles. The molecule has 1 aromatic rings. The van der Waals surface area contributed by atoms with Gasteiger partial charge in [0.25, 0.3) is 0 Å². The summed E-state index contributed by atoms with van der Waals surface area (Å²) in [5.41, 5.74) is 3.21. The van der Waals surface area contributed by atoms with Crippen LogP contribution in [-0.2, 0) is 11.8 Å². The molecule has 2 rings (SSSR count). The molecule has 0 unspecified atom stereocenters. The fourth-order valence-corrected chi connectivity index (χ4v) is 3.32. The van der Waals surface area contributed by atoms with Gasteiger partial charge in [-0.1, -0.05) is 58.9 Å². The van der Waals surface area contributed by atoms with Gasteiger partial charge in [-0.15, -0.1) is 0 Å². The van der Waals surface area contributed by atoms with Gasteiger partial charge in [0.1, 0.15) is 0 Å². The predicted octanol–water partition coefficient (Wildman–Crippen LogP) is 4.89. The van der Waals surface area contributed by atoms with Crippen molar-refractivity contribution in [2.24, 2.45) is 11.8 Å². The van der Waals surface area contributed by atoms with Crippen LogP contribution in [0.4, 0.5) is 0 Å². The fourth-order valence-electron chi connectivity index (χ4n) is 3.32. The summed E-state index contributed by atoms with van der Waals surface area (Å²) in [7, 11) is 0. The normalized spacial score (nSPS) is 18.4. The van der Waals surface area contributed by atoms with E-state index < -0.39 is 0 Å². The van der Waals surface area contributed by atoms with Crippen molar-refractivity contribution < 1.29 is 0 Å². The van der Waals surface area contributed by atoms with Crippen molar-refractivity contribution in [3.63, 3.8) is 0 Å². The summed E-state index contributed by atoms with van der Waals surface area (Å²) >= 11 is 0. The average molecular weight is 287 g/mol. The molecular weight excluding hydrogens is 254 g/mol. The lowest BCUT2D eigenvalue weighted by molar-refractivity contribution is 0.159. The molecule has 118 valence electrons. The molecule has 0 radical (unpaired) electrons. The second kappa shape index (κ2) is 6.96. The number of piperidine rings is 1. The smallest absolute Gasteiger partial charge is 0.00218 e. The molecule has 0 amide bonds. The average Bonchev–Trinajstić information content (AvgIpc) is 2.45. The third-order valence-corrected chi connectivity index (χ3v) is 5.08. The Morgan fingerprint density at radius 3 is 2.38 bits per heavy atom. The third-order valence-electron chi connectivity index (χ3n) is 5.08.